The van der Waals surface area contributed by atoms with Crippen LogP contribution in [0.5, 0.6) is 0 Å². The van der Waals surface area contributed by atoms with Crippen LogP contribution in [0.2, 0.25) is 5.02 Å². The predicted octanol–water partition coefficient (Wildman–Crippen LogP) is 2.23. The van der Waals surface area contributed by atoms with E-state index in [0.717, 1.165) is 5.57 Å². The normalized spacial score (nSPS) is 10.4. The molecule has 4 nitrogen and oxygen atoms in total. The lowest BCUT2D eigenvalue weighted by molar-refractivity contribution is 0.710. The first kappa shape index (κ1) is 13.4. The maximum absolute atomic E-state index is 12.0. The highest BCUT2D eigenvalue weighted by Crippen LogP contribution is 2.11. The SMILES string of the molecule is C=C(C)Cn1ccn(-c2ccc(Cl)cc2)c(=O)c1=O. The van der Waals surface area contributed by atoms with Gasteiger partial charge in [-0.3, -0.25) is 14.2 Å². The number of aromatic nitrogens is 2. The third-order valence-electron chi connectivity index (χ3n) is 2.60. The Labute approximate surface area is 115 Å². The van der Waals surface area contributed by atoms with Gasteiger partial charge in [0.2, 0.25) is 0 Å². The van der Waals surface area contributed by atoms with Gasteiger partial charge in [-0.1, -0.05) is 23.8 Å². The van der Waals surface area contributed by atoms with Crippen LogP contribution in [0.3, 0.4) is 0 Å². The van der Waals surface area contributed by atoms with Gasteiger partial charge in [0, 0.05) is 29.6 Å². The second-order valence-electron chi connectivity index (χ2n) is 4.34. The fourth-order valence-corrected chi connectivity index (χ4v) is 1.85. The van der Waals surface area contributed by atoms with Gasteiger partial charge in [0.25, 0.3) is 0 Å². The fourth-order valence-electron chi connectivity index (χ4n) is 1.73. The van der Waals surface area contributed by atoms with Gasteiger partial charge in [-0.25, -0.2) is 0 Å². The summed E-state index contributed by atoms with van der Waals surface area (Å²) in [4.78, 5) is 24.0. The van der Waals surface area contributed by atoms with Gasteiger partial charge in [0.1, 0.15) is 0 Å². The number of halogens is 1. The Balaban J connectivity index is 2.53. The van der Waals surface area contributed by atoms with Crippen LogP contribution in [0.4, 0.5) is 0 Å². The molecule has 0 saturated carbocycles. The molecule has 0 fully saturated rings. The number of benzene rings is 1. The monoisotopic (exact) mass is 276 g/mol. The van der Waals surface area contributed by atoms with Gasteiger partial charge < -0.3 is 4.57 Å². The number of hydrogen-bond acceptors (Lipinski definition) is 2. The van der Waals surface area contributed by atoms with Crippen molar-refractivity contribution in [2.45, 2.75) is 13.5 Å². The van der Waals surface area contributed by atoms with E-state index in [1.54, 1.807) is 43.6 Å². The van der Waals surface area contributed by atoms with Gasteiger partial charge in [0.15, 0.2) is 0 Å². The quantitative estimate of drug-likeness (QED) is 0.637. The van der Waals surface area contributed by atoms with E-state index in [1.165, 1.54) is 9.13 Å². The molecule has 0 spiro atoms. The van der Waals surface area contributed by atoms with Crippen molar-refractivity contribution in [2.24, 2.45) is 0 Å². The maximum atomic E-state index is 12.0. The van der Waals surface area contributed by atoms with Crippen LogP contribution in [0.15, 0.2) is 58.4 Å². The minimum atomic E-state index is -0.592. The van der Waals surface area contributed by atoms with Crippen LogP contribution in [0.25, 0.3) is 5.69 Å². The molecule has 0 aliphatic carbocycles. The third-order valence-corrected chi connectivity index (χ3v) is 2.86. The lowest BCUT2D eigenvalue weighted by Crippen LogP contribution is -2.40. The maximum Gasteiger partial charge on any atom is 0.320 e. The zero-order chi connectivity index (χ0) is 14.0. The van der Waals surface area contributed by atoms with Crippen LogP contribution in [0.1, 0.15) is 6.92 Å². The Bertz CT molecular complexity index is 726. The van der Waals surface area contributed by atoms with E-state index in [-0.39, 0.29) is 0 Å². The van der Waals surface area contributed by atoms with E-state index >= 15 is 0 Å². The van der Waals surface area contributed by atoms with Crippen molar-refractivity contribution in [3.63, 3.8) is 0 Å². The van der Waals surface area contributed by atoms with Gasteiger partial charge in [-0.15, -0.1) is 0 Å². The summed E-state index contributed by atoms with van der Waals surface area (Å²) in [7, 11) is 0. The van der Waals surface area contributed by atoms with E-state index in [1.807, 2.05) is 0 Å². The summed E-state index contributed by atoms with van der Waals surface area (Å²) in [5, 5.41) is 0.576. The van der Waals surface area contributed by atoms with Crippen molar-refractivity contribution in [2.75, 3.05) is 0 Å². The van der Waals surface area contributed by atoms with E-state index in [0.29, 0.717) is 17.3 Å². The Kier molecular flexibility index (Phi) is 3.71. The van der Waals surface area contributed by atoms with Gasteiger partial charge in [0.05, 0.1) is 0 Å². The van der Waals surface area contributed by atoms with Crippen molar-refractivity contribution < 1.29 is 0 Å². The first-order valence-electron chi connectivity index (χ1n) is 5.71. The van der Waals surface area contributed by atoms with Gasteiger partial charge in [-0.2, -0.15) is 0 Å². The van der Waals surface area contributed by atoms with Crippen molar-refractivity contribution in [3.8, 4) is 5.69 Å². The minimum Gasteiger partial charge on any atom is -0.305 e. The lowest BCUT2D eigenvalue weighted by atomic mass is 10.3. The highest BCUT2D eigenvalue weighted by atomic mass is 35.5. The molecule has 0 aliphatic rings. The first-order chi connectivity index (χ1) is 8.99. The molecule has 5 heteroatoms. The summed E-state index contributed by atoms with van der Waals surface area (Å²) in [6.45, 7) is 5.87. The third kappa shape index (κ3) is 2.85. The lowest BCUT2D eigenvalue weighted by Gasteiger charge is -2.08. The molecule has 0 unspecified atom stereocenters. The Hall–Kier alpha value is -2.07. The van der Waals surface area contributed by atoms with Crippen LogP contribution >= 0.6 is 11.6 Å². The summed E-state index contributed by atoms with van der Waals surface area (Å²) in [6, 6.07) is 6.71. The van der Waals surface area contributed by atoms with Crippen molar-refractivity contribution in [1.82, 2.24) is 9.13 Å². The highest BCUT2D eigenvalue weighted by molar-refractivity contribution is 6.30. The molecule has 0 aliphatic heterocycles. The molecule has 1 aromatic heterocycles. The second-order valence-corrected chi connectivity index (χ2v) is 4.78. The van der Waals surface area contributed by atoms with E-state index in [9.17, 15) is 9.59 Å². The molecular formula is C14H13ClN2O2. The minimum absolute atomic E-state index is 0.343. The van der Waals surface area contributed by atoms with Crippen molar-refractivity contribution in [3.05, 3.63) is 74.5 Å². The Morgan fingerprint density at radius 3 is 2.37 bits per heavy atom. The molecule has 0 N–H and O–H groups in total. The largest absolute Gasteiger partial charge is 0.320 e. The molecule has 0 bridgehead atoms. The molecule has 2 aromatic rings. The van der Waals surface area contributed by atoms with E-state index in [4.69, 9.17) is 11.6 Å². The van der Waals surface area contributed by atoms with Crippen LogP contribution in [-0.2, 0) is 6.54 Å². The van der Waals surface area contributed by atoms with Crippen LogP contribution < -0.4 is 11.1 Å². The van der Waals surface area contributed by atoms with Crippen molar-refractivity contribution >= 4 is 11.6 Å². The molecule has 0 atom stereocenters. The highest BCUT2D eigenvalue weighted by Gasteiger charge is 2.06. The Morgan fingerprint density at radius 2 is 1.79 bits per heavy atom. The summed E-state index contributed by atoms with van der Waals surface area (Å²) in [5.41, 5.74) is 0.256. The molecule has 2 rings (SSSR count). The molecule has 1 heterocycles. The number of rotatable bonds is 3. The van der Waals surface area contributed by atoms with Crippen LogP contribution in [0, 0.1) is 0 Å². The number of nitrogens with zero attached hydrogens (tertiary/aromatic N) is 2. The zero-order valence-corrected chi connectivity index (χ0v) is 11.2. The standard InChI is InChI=1S/C14H13ClN2O2/c1-10(2)9-16-7-8-17(14(19)13(16)18)12-5-3-11(15)4-6-12/h3-8H,1,9H2,2H3. The summed E-state index contributed by atoms with van der Waals surface area (Å²) >= 11 is 5.79. The molecule has 19 heavy (non-hydrogen) atoms. The summed E-state index contributed by atoms with van der Waals surface area (Å²) in [5.74, 6) is 0. The molecule has 98 valence electrons. The van der Waals surface area contributed by atoms with E-state index < -0.39 is 11.1 Å². The average molecular weight is 277 g/mol. The topological polar surface area (TPSA) is 44.0 Å². The fraction of sp³-hybridized carbons (Fsp3) is 0.143. The smallest absolute Gasteiger partial charge is 0.305 e. The van der Waals surface area contributed by atoms with E-state index in [2.05, 4.69) is 6.58 Å². The molecule has 0 radical (unpaired) electrons. The zero-order valence-electron chi connectivity index (χ0n) is 10.5. The first-order valence-corrected chi connectivity index (χ1v) is 6.09. The van der Waals surface area contributed by atoms with Gasteiger partial charge >= 0.3 is 11.1 Å². The molecule has 1 aromatic carbocycles. The average Bonchev–Trinajstić information content (AvgIpc) is 2.36. The molecular weight excluding hydrogens is 264 g/mol. The van der Waals surface area contributed by atoms with Crippen LogP contribution in [-0.4, -0.2) is 9.13 Å². The summed E-state index contributed by atoms with van der Waals surface area (Å²) < 4.78 is 2.64. The summed E-state index contributed by atoms with van der Waals surface area (Å²) in [6.07, 6.45) is 3.14. The number of allylic oxidation sites excluding steroid dienone is 1. The number of hydrogen-bond donors (Lipinski definition) is 0. The molecule has 0 saturated heterocycles. The molecule has 0 amide bonds. The van der Waals surface area contributed by atoms with Crippen molar-refractivity contribution in [1.29, 1.82) is 0 Å². The second kappa shape index (κ2) is 5.28. The predicted molar refractivity (Wildman–Crippen MR) is 76.1 cm³/mol. The van der Waals surface area contributed by atoms with Gasteiger partial charge in [-0.05, 0) is 31.2 Å². The Morgan fingerprint density at radius 1 is 1.16 bits per heavy atom.